The second kappa shape index (κ2) is 16.4. The number of ketones is 1. The number of aromatic nitrogens is 4. The SMILES string of the molecule is CC(=O)c1c(C)c2cnc(Nc3ccc(N4CCN(CCC5CCN(c6ccc(C)c(N7CCC([O-])=NC7=O)c6Cl)CC5)CC4)cn3)nc2n(C2CCCC2)c1=O. The Bertz CT molecular complexity index is 2260. The van der Waals surface area contributed by atoms with Crippen LogP contribution < -0.4 is 30.7 Å². The number of hydrogen-bond acceptors (Lipinski definition) is 11. The molecule has 0 bridgehead atoms. The molecular formula is C42H50ClN10O4-. The highest BCUT2D eigenvalue weighted by molar-refractivity contribution is 6.37. The van der Waals surface area contributed by atoms with E-state index in [0.717, 1.165) is 113 Å². The van der Waals surface area contributed by atoms with Crippen LogP contribution in [-0.2, 0) is 0 Å². The number of fused-ring (bicyclic) bond motifs is 1. The minimum Gasteiger partial charge on any atom is -0.862 e. The number of nitrogens with one attached hydrogen (secondary N) is 1. The van der Waals surface area contributed by atoms with Crippen molar-refractivity contribution >= 4 is 69.2 Å². The fraction of sp³-hybridized carbons (Fsp3) is 0.500. The number of piperazine rings is 1. The Hall–Kier alpha value is -5.08. The normalized spacial score (nSPS) is 18.8. The first-order chi connectivity index (χ1) is 27.5. The lowest BCUT2D eigenvalue weighted by atomic mass is 9.92. The van der Waals surface area contributed by atoms with Gasteiger partial charge in [-0.3, -0.25) is 24.0 Å². The van der Waals surface area contributed by atoms with Crippen LogP contribution >= 0.6 is 11.6 Å². The van der Waals surface area contributed by atoms with Gasteiger partial charge >= 0.3 is 6.03 Å². The molecule has 3 aliphatic heterocycles. The predicted octanol–water partition coefficient (Wildman–Crippen LogP) is 6.04. The summed E-state index contributed by atoms with van der Waals surface area (Å²) in [7, 11) is 0. The van der Waals surface area contributed by atoms with E-state index in [9.17, 15) is 19.5 Å². The number of nitrogens with zero attached hydrogens (tertiary/aromatic N) is 9. The molecule has 6 heterocycles. The summed E-state index contributed by atoms with van der Waals surface area (Å²) in [4.78, 5) is 65.0. The summed E-state index contributed by atoms with van der Waals surface area (Å²) >= 11 is 6.94. The average Bonchev–Trinajstić information content (AvgIpc) is 3.73. The highest BCUT2D eigenvalue weighted by Crippen LogP contribution is 2.40. The van der Waals surface area contributed by atoms with Crippen LogP contribution in [0.15, 0.2) is 46.4 Å². The van der Waals surface area contributed by atoms with Crippen LogP contribution in [0, 0.1) is 19.8 Å². The summed E-state index contributed by atoms with van der Waals surface area (Å²) in [6.45, 7) is 12.2. The van der Waals surface area contributed by atoms with Gasteiger partial charge in [-0.2, -0.15) is 4.98 Å². The van der Waals surface area contributed by atoms with Crippen LogP contribution in [-0.4, -0.2) is 94.5 Å². The lowest BCUT2D eigenvalue weighted by molar-refractivity contribution is -0.218. The van der Waals surface area contributed by atoms with Crippen molar-refractivity contribution in [3.8, 4) is 0 Å². The first-order valence-corrected chi connectivity index (χ1v) is 20.7. The van der Waals surface area contributed by atoms with Gasteiger partial charge in [0.05, 0.1) is 33.8 Å². The molecule has 1 saturated carbocycles. The Morgan fingerprint density at radius 1 is 0.912 bits per heavy atom. The third kappa shape index (κ3) is 7.94. The molecule has 4 aromatic rings. The van der Waals surface area contributed by atoms with Gasteiger partial charge in [-0.25, -0.2) is 19.8 Å². The van der Waals surface area contributed by atoms with E-state index in [1.807, 2.05) is 31.3 Å². The third-order valence-electron chi connectivity index (χ3n) is 12.4. The zero-order valence-corrected chi connectivity index (χ0v) is 33.7. The molecule has 8 rings (SSSR count). The molecule has 0 atom stereocenters. The van der Waals surface area contributed by atoms with Crippen molar-refractivity contribution in [3.63, 3.8) is 0 Å². The number of halogens is 1. The highest BCUT2D eigenvalue weighted by Gasteiger charge is 2.29. The molecule has 1 aromatic carbocycles. The Morgan fingerprint density at radius 3 is 2.35 bits per heavy atom. The maximum absolute atomic E-state index is 13.6. The monoisotopic (exact) mass is 793 g/mol. The fourth-order valence-corrected chi connectivity index (χ4v) is 9.52. The summed E-state index contributed by atoms with van der Waals surface area (Å²) in [6, 6.07) is 7.53. The lowest BCUT2D eigenvalue weighted by Crippen LogP contribution is -2.47. The Labute approximate surface area is 337 Å². The standard InChI is InChI=1S/C42H51ClN10O4/c1-26-8-10-33(37(43)38(26)52-19-15-35(55)47-42(52)57)51-17-13-29(14-18-51)12-16-49-20-22-50(23-21-49)31-9-11-34(44-24-31)46-41-45-25-32-27(2)36(28(3)54)40(56)53(39(32)48-41)30-6-4-5-7-30/h8-11,24-25,29-30H,4-7,12-23H2,1-3H3,(H,47,55,57)(H,44,45,46,48)/p-1. The van der Waals surface area contributed by atoms with Gasteiger partial charge in [0.1, 0.15) is 11.5 Å². The zero-order chi connectivity index (χ0) is 39.8. The van der Waals surface area contributed by atoms with Crippen molar-refractivity contribution in [2.75, 3.05) is 72.4 Å². The maximum atomic E-state index is 13.6. The van der Waals surface area contributed by atoms with E-state index in [2.05, 4.69) is 41.0 Å². The molecule has 2 saturated heterocycles. The van der Waals surface area contributed by atoms with Crippen molar-refractivity contribution in [1.29, 1.82) is 0 Å². The summed E-state index contributed by atoms with van der Waals surface area (Å²) in [5.41, 5.74) is 4.69. The number of amides is 2. The number of anilines is 5. The first kappa shape index (κ1) is 38.8. The second-order valence-corrected chi connectivity index (χ2v) is 16.3. The molecular weight excluding hydrogens is 744 g/mol. The minimum absolute atomic E-state index is 0.0188. The number of urea groups is 1. The van der Waals surface area contributed by atoms with Crippen molar-refractivity contribution in [3.05, 3.63) is 68.7 Å². The average molecular weight is 794 g/mol. The molecule has 1 aliphatic carbocycles. The van der Waals surface area contributed by atoms with Crippen molar-refractivity contribution in [1.82, 2.24) is 24.4 Å². The van der Waals surface area contributed by atoms with Crippen LogP contribution in [0.25, 0.3) is 11.0 Å². The van der Waals surface area contributed by atoms with E-state index in [0.29, 0.717) is 46.1 Å². The number of pyridine rings is 2. The summed E-state index contributed by atoms with van der Waals surface area (Å²) in [6.07, 6.45) is 11.0. The van der Waals surface area contributed by atoms with E-state index in [1.165, 1.54) is 11.8 Å². The van der Waals surface area contributed by atoms with Gasteiger partial charge in [0.25, 0.3) is 5.56 Å². The molecule has 4 aliphatic rings. The van der Waals surface area contributed by atoms with Crippen LogP contribution in [0.3, 0.4) is 0 Å². The number of piperidine rings is 1. The van der Waals surface area contributed by atoms with Gasteiger partial charge in [-0.05, 0) is 107 Å². The van der Waals surface area contributed by atoms with E-state index >= 15 is 0 Å². The zero-order valence-electron chi connectivity index (χ0n) is 33.0. The van der Waals surface area contributed by atoms with Crippen molar-refractivity contribution in [2.45, 2.75) is 78.2 Å². The molecule has 2 amide bonds. The smallest absolute Gasteiger partial charge is 0.347 e. The van der Waals surface area contributed by atoms with E-state index < -0.39 is 6.03 Å². The topological polar surface area (TPSA) is 155 Å². The van der Waals surface area contributed by atoms with Gasteiger partial charge in [0.2, 0.25) is 5.95 Å². The molecule has 14 nitrogen and oxygen atoms in total. The van der Waals surface area contributed by atoms with E-state index in [4.69, 9.17) is 16.6 Å². The van der Waals surface area contributed by atoms with Crippen molar-refractivity contribution < 1.29 is 14.7 Å². The number of carbonyl (C=O) groups is 2. The number of benzene rings is 1. The molecule has 0 spiro atoms. The fourth-order valence-electron chi connectivity index (χ4n) is 9.09. The number of aliphatic imine (C=N–C) groups is 1. The van der Waals surface area contributed by atoms with E-state index in [-0.39, 0.29) is 35.3 Å². The first-order valence-electron chi connectivity index (χ1n) is 20.3. The predicted molar refractivity (Wildman–Crippen MR) is 223 cm³/mol. The van der Waals surface area contributed by atoms with Gasteiger partial charge < -0.3 is 20.2 Å². The summed E-state index contributed by atoms with van der Waals surface area (Å²) in [5, 5.41) is 16.2. The molecule has 1 N–H and O–H groups in total. The van der Waals surface area contributed by atoms with Crippen LogP contribution in [0.4, 0.5) is 33.6 Å². The molecule has 3 aromatic heterocycles. The van der Waals surface area contributed by atoms with Gasteiger partial charge in [-0.1, -0.05) is 30.5 Å². The Balaban J connectivity index is 0.829. The Kier molecular flexibility index (Phi) is 11.2. The number of aryl methyl sites for hydroxylation is 2. The van der Waals surface area contributed by atoms with Crippen molar-refractivity contribution in [2.24, 2.45) is 10.9 Å². The van der Waals surface area contributed by atoms with Crippen LogP contribution in [0.2, 0.25) is 5.02 Å². The lowest BCUT2D eigenvalue weighted by Gasteiger charge is -2.38. The largest absolute Gasteiger partial charge is 0.862 e. The number of Topliss-reactive ketones (excluding diaryl/α,β-unsaturated/α-hetero) is 1. The molecule has 15 heteroatoms. The third-order valence-corrected chi connectivity index (χ3v) is 12.7. The van der Waals surface area contributed by atoms with Gasteiger partial charge in [0, 0.05) is 63.4 Å². The minimum atomic E-state index is -0.542. The maximum Gasteiger partial charge on any atom is 0.347 e. The Morgan fingerprint density at radius 2 is 1.67 bits per heavy atom. The van der Waals surface area contributed by atoms with Gasteiger partial charge in [-0.15, -0.1) is 0 Å². The molecule has 57 heavy (non-hydrogen) atoms. The molecule has 0 unspecified atom stereocenters. The highest BCUT2D eigenvalue weighted by atomic mass is 35.5. The van der Waals surface area contributed by atoms with Crippen LogP contribution in [0.5, 0.6) is 0 Å². The summed E-state index contributed by atoms with van der Waals surface area (Å²) in [5.74, 6) is 1.00. The van der Waals surface area contributed by atoms with Crippen LogP contribution in [0.1, 0.15) is 85.8 Å². The quantitative estimate of drug-likeness (QED) is 0.187. The summed E-state index contributed by atoms with van der Waals surface area (Å²) < 4.78 is 1.72. The number of carbonyl (C=O) groups excluding carboxylic acids is 2. The molecule has 3 fully saturated rings. The van der Waals surface area contributed by atoms with Gasteiger partial charge in [0.15, 0.2) is 5.78 Å². The number of hydrogen-bond donors (Lipinski definition) is 1. The van der Waals surface area contributed by atoms with E-state index in [1.54, 1.807) is 17.7 Å². The second-order valence-electron chi connectivity index (χ2n) is 15.9. The molecule has 0 radical (unpaired) electrons. The number of rotatable bonds is 10. The molecule has 300 valence electrons.